The molecule has 0 radical (unpaired) electrons. The van der Waals surface area contributed by atoms with Crippen LogP contribution in [0.1, 0.15) is 43.7 Å². The molecule has 1 atom stereocenters. The Labute approximate surface area is 190 Å². The van der Waals surface area contributed by atoms with Crippen LogP contribution in [0.3, 0.4) is 0 Å². The summed E-state index contributed by atoms with van der Waals surface area (Å²) >= 11 is 9.37. The van der Waals surface area contributed by atoms with Crippen LogP contribution in [-0.4, -0.2) is 26.4 Å². The fourth-order valence-corrected chi connectivity index (χ4v) is 6.06. The van der Waals surface area contributed by atoms with Crippen molar-refractivity contribution in [3.63, 3.8) is 0 Å². The van der Waals surface area contributed by atoms with Crippen molar-refractivity contribution in [2.45, 2.75) is 51.2 Å². The first-order chi connectivity index (χ1) is 14.4. The molecule has 2 aromatic heterocycles. The highest BCUT2D eigenvalue weighted by Crippen LogP contribution is 2.39. The maximum atomic E-state index is 12.4. The number of para-hydroxylation sites is 1. The summed E-state index contributed by atoms with van der Waals surface area (Å²) in [6.45, 7) is 6.57. The second-order valence-electron chi connectivity index (χ2n) is 7.99. The second kappa shape index (κ2) is 9.12. The normalized spacial score (nSPS) is 16.0. The van der Waals surface area contributed by atoms with E-state index in [0.717, 1.165) is 29.7 Å². The minimum atomic E-state index is -0.116. The Bertz CT molecular complexity index is 1060. The van der Waals surface area contributed by atoms with Crippen LogP contribution in [0.4, 0.5) is 5.69 Å². The van der Waals surface area contributed by atoms with Gasteiger partial charge in [-0.25, -0.2) is 0 Å². The second-order valence-corrected chi connectivity index (χ2v) is 10.3. The zero-order chi connectivity index (χ0) is 21.3. The Balaban J connectivity index is 1.52. The first-order valence-corrected chi connectivity index (χ1v) is 12.4. The molecule has 4 rings (SSSR count). The Hall–Kier alpha value is -1.83. The fraction of sp³-hybridized carbons (Fsp3) is 0.409. The predicted octanol–water partition coefficient (Wildman–Crippen LogP) is 6.10. The predicted molar refractivity (Wildman–Crippen MR) is 126 cm³/mol. The van der Waals surface area contributed by atoms with Crippen molar-refractivity contribution in [3.8, 4) is 11.4 Å². The van der Waals surface area contributed by atoms with Crippen LogP contribution >= 0.6 is 34.7 Å². The quantitative estimate of drug-likeness (QED) is 0.451. The van der Waals surface area contributed by atoms with Crippen LogP contribution in [-0.2, 0) is 17.6 Å². The van der Waals surface area contributed by atoms with Gasteiger partial charge in [0.1, 0.15) is 0 Å². The van der Waals surface area contributed by atoms with E-state index >= 15 is 0 Å². The van der Waals surface area contributed by atoms with Gasteiger partial charge in [0.25, 0.3) is 0 Å². The molecule has 1 amide bonds. The topological polar surface area (TPSA) is 59.8 Å². The summed E-state index contributed by atoms with van der Waals surface area (Å²) in [5, 5.41) is 15.3. The average Bonchev–Trinajstić information content (AvgIpc) is 3.31. The van der Waals surface area contributed by atoms with Crippen molar-refractivity contribution < 1.29 is 4.79 Å². The Morgan fingerprint density at radius 2 is 2.17 bits per heavy atom. The van der Waals surface area contributed by atoms with E-state index in [1.54, 1.807) is 12.1 Å². The molecule has 0 saturated heterocycles. The molecule has 3 aromatic rings. The van der Waals surface area contributed by atoms with Crippen molar-refractivity contribution >= 4 is 46.3 Å². The lowest BCUT2D eigenvalue weighted by molar-refractivity contribution is -0.113. The number of nitrogens with zero attached hydrogens (tertiary/aromatic N) is 3. The zero-order valence-electron chi connectivity index (χ0n) is 17.3. The van der Waals surface area contributed by atoms with Gasteiger partial charge in [0.15, 0.2) is 11.0 Å². The first-order valence-electron chi connectivity index (χ1n) is 10.2. The smallest absolute Gasteiger partial charge is 0.234 e. The number of amides is 1. The van der Waals surface area contributed by atoms with Crippen molar-refractivity contribution in [2.75, 3.05) is 11.1 Å². The number of fused-ring (bicyclic) bond motifs is 1. The highest BCUT2D eigenvalue weighted by molar-refractivity contribution is 7.99. The van der Waals surface area contributed by atoms with Crippen LogP contribution in [0.2, 0.25) is 5.02 Å². The molecular weight excluding hydrogens is 436 g/mol. The van der Waals surface area contributed by atoms with Gasteiger partial charge >= 0.3 is 0 Å². The molecule has 1 aromatic carbocycles. The third kappa shape index (κ3) is 4.43. The van der Waals surface area contributed by atoms with Crippen LogP contribution in [0.15, 0.2) is 34.8 Å². The van der Waals surface area contributed by atoms with Crippen molar-refractivity contribution in [1.82, 2.24) is 14.8 Å². The van der Waals surface area contributed by atoms with Gasteiger partial charge in [-0.1, -0.05) is 42.4 Å². The third-order valence-electron chi connectivity index (χ3n) is 5.30. The summed E-state index contributed by atoms with van der Waals surface area (Å²) in [6.07, 6.45) is 3.47. The maximum Gasteiger partial charge on any atom is 0.234 e. The van der Waals surface area contributed by atoms with Crippen LogP contribution < -0.4 is 5.32 Å². The zero-order valence-corrected chi connectivity index (χ0v) is 19.7. The minimum Gasteiger partial charge on any atom is -0.324 e. The number of anilines is 1. The van der Waals surface area contributed by atoms with E-state index in [1.165, 1.54) is 34.2 Å². The SMILES string of the molecule is CC1CCc2c(-c3nnc(SCC(=O)Nc4ccccc4Cl)n3C(C)C)csc2C1. The molecule has 0 saturated carbocycles. The molecule has 1 N–H and O–H groups in total. The summed E-state index contributed by atoms with van der Waals surface area (Å²) in [7, 11) is 0. The van der Waals surface area contributed by atoms with Crippen LogP contribution in [0.5, 0.6) is 0 Å². The lowest BCUT2D eigenvalue weighted by Crippen LogP contribution is -2.15. The van der Waals surface area contributed by atoms with E-state index in [-0.39, 0.29) is 17.7 Å². The molecule has 8 heteroatoms. The molecule has 1 aliphatic carbocycles. The summed E-state index contributed by atoms with van der Waals surface area (Å²) in [6, 6.07) is 7.43. The van der Waals surface area contributed by atoms with Crippen LogP contribution in [0.25, 0.3) is 11.4 Å². The highest BCUT2D eigenvalue weighted by atomic mass is 35.5. The number of hydrogen-bond acceptors (Lipinski definition) is 5. The molecule has 5 nitrogen and oxygen atoms in total. The van der Waals surface area contributed by atoms with Gasteiger partial charge in [-0.3, -0.25) is 9.36 Å². The Kier molecular flexibility index (Phi) is 6.51. The summed E-state index contributed by atoms with van der Waals surface area (Å²) in [4.78, 5) is 13.9. The molecule has 30 heavy (non-hydrogen) atoms. The minimum absolute atomic E-state index is 0.116. The lowest BCUT2D eigenvalue weighted by Gasteiger charge is -2.19. The highest BCUT2D eigenvalue weighted by Gasteiger charge is 2.25. The number of halogens is 1. The number of rotatable bonds is 6. The van der Waals surface area contributed by atoms with E-state index in [0.29, 0.717) is 10.7 Å². The van der Waals surface area contributed by atoms with Gasteiger partial charge in [-0.05, 0) is 56.7 Å². The maximum absolute atomic E-state index is 12.4. The van der Waals surface area contributed by atoms with E-state index in [1.807, 2.05) is 23.5 Å². The van der Waals surface area contributed by atoms with Gasteiger partial charge in [-0.2, -0.15) is 0 Å². The number of thioether (sulfide) groups is 1. The molecule has 0 bridgehead atoms. The number of carbonyl (C=O) groups is 1. The lowest BCUT2D eigenvalue weighted by atomic mass is 9.88. The standard InChI is InChI=1S/C22H25ClN4OS2/c1-13(2)27-21(16-11-29-19-10-14(3)8-9-15(16)19)25-26-22(27)30-12-20(28)24-18-7-5-4-6-17(18)23/h4-7,11,13-14H,8-10,12H2,1-3H3,(H,24,28). The number of thiophene rings is 1. The van der Waals surface area contributed by atoms with E-state index in [4.69, 9.17) is 11.6 Å². The molecule has 0 aliphatic heterocycles. The Morgan fingerprint density at radius 3 is 2.93 bits per heavy atom. The van der Waals surface area contributed by atoms with Gasteiger partial charge in [0.2, 0.25) is 5.91 Å². The number of hydrogen-bond donors (Lipinski definition) is 1. The van der Waals surface area contributed by atoms with Gasteiger partial charge in [0, 0.05) is 21.9 Å². The molecule has 158 valence electrons. The number of nitrogens with one attached hydrogen (secondary N) is 1. The summed E-state index contributed by atoms with van der Waals surface area (Å²) < 4.78 is 2.15. The van der Waals surface area contributed by atoms with Crippen molar-refractivity contribution in [1.29, 1.82) is 0 Å². The molecule has 0 fully saturated rings. The fourth-order valence-electron chi connectivity index (χ4n) is 3.77. The molecule has 1 unspecified atom stereocenters. The average molecular weight is 461 g/mol. The molecule has 1 aliphatic rings. The molecule has 2 heterocycles. The van der Waals surface area contributed by atoms with Crippen LogP contribution in [0, 0.1) is 5.92 Å². The largest absolute Gasteiger partial charge is 0.324 e. The van der Waals surface area contributed by atoms with E-state index in [2.05, 4.69) is 46.2 Å². The van der Waals surface area contributed by atoms with Gasteiger partial charge in [0.05, 0.1) is 16.5 Å². The van der Waals surface area contributed by atoms with E-state index < -0.39 is 0 Å². The molecular formula is C22H25ClN4OS2. The van der Waals surface area contributed by atoms with E-state index in [9.17, 15) is 4.79 Å². The first kappa shape index (κ1) is 21.4. The summed E-state index contributed by atoms with van der Waals surface area (Å²) in [5.74, 6) is 1.78. The molecule has 0 spiro atoms. The van der Waals surface area contributed by atoms with Crippen molar-refractivity contribution in [3.05, 3.63) is 45.1 Å². The third-order valence-corrected chi connectivity index (χ3v) is 7.63. The summed E-state index contributed by atoms with van der Waals surface area (Å²) in [5.41, 5.74) is 3.26. The number of benzene rings is 1. The van der Waals surface area contributed by atoms with Gasteiger partial charge < -0.3 is 5.32 Å². The van der Waals surface area contributed by atoms with Crippen molar-refractivity contribution in [2.24, 2.45) is 5.92 Å². The van der Waals surface area contributed by atoms with Gasteiger partial charge in [-0.15, -0.1) is 21.5 Å². The Morgan fingerprint density at radius 1 is 1.37 bits per heavy atom. The number of aromatic nitrogens is 3. The number of carbonyl (C=O) groups excluding carboxylic acids is 1. The monoisotopic (exact) mass is 460 g/mol.